The third-order valence-electron chi connectivity index (χ3n) is 5.09. The first-order valence-electron chi connectivity index (χ1n) is 10.4. The van der Waals surface area contributed by atoms with Crippen LogP contribution in [0.4, 0.5) is 11.6 Å². The SMILES string of the molecule is CC(=O)NCCNc1cc(N2CCN(C(=O)c3csnn3)CC2)nc(-c2ccc(Cl)cc2)n1. The molecule has 0 bridgehead atoms. The van der Waals surface area contributed by atoms with Crippen LogP contribution in [0.25, 0.3) is 11.4 Å². The van der Waals surface area contributed by atoms with E-state index in [2.05, 4.69) is 30.1 Å². The highest BCUT2D eigenvalue weighted by Gasteiger charge is 2.25. The Hall–Kier alpha value is -3.31. The van der Waals surface area contributed by atoms with E-state index >= 15 is 0 Å². The maximum atomic E-state index is 12.6. The standard InChI is InChI=1S/C21H23ClN8O2S/c1-14(31)23-6-7-24-18-12-19(26-20(25-18)15-2-4-16(22)5-3-15)29-8-10-30(11-9-29)21(32)17-13-33-28-27-17/h2-5,12-13H,6-11H2,1H3,(H,23,31)(H,24,25,26). The molecule has 10 nitrogen and oxygen atoms in total. The van der Waals surface area contributed by atoms with Gasteiger partial charge in [0.25, 0.3) is 5.91 Å². The number of hydrogen-bond donors (Lipinski definition) is 2. The number of carbonyl (C=O) groups is 2. The number of amides is 2. The minimum atomic E-state index is -0.103. The molecule has 0 saturated carbocycles. The third-order valence-corrected chi connectivity index (χ3v) is 5.85. The maximum Gasteiger partial charge on any atom is 0.275 e. The summed E-state index contributed by atoms with van der Waals surface area (Å²) in [7, 11) is 0. The van der Waals surface area contributed by atoms with Crippen LogP contribution in [-0.4, -0.2) is 75.5 Å². The Morgan fingerprint density at radius 2 is 1.85 bits per heavy atom. The number of nitrogens with one attached hydrogen (secondary N) is 2. The fourth-order valence-corrected chi connectivity index (χ4v) is 3.96. The van der Waals surface area contributed by atoms with E-state index in [9.17, 15) is 9.59 Å². The van der Waals surface area contributed by atoms with Crippen molar-refractivity contribution in [3.8, 4) is 11.4 Å². The lowest BCUT2D eigenvalue weighted by atomic mass is 10.2. The van der Waals surface area contributed by atoms with Gasteiger partial charge in [0, 0.05) is 68.2 Å². The number of halogens is 1. The number of rotatable bonds is 7. The second-order valence-electron chi connectivity index (χ2n) is 7.42. The Kier molecular flexibility index (Phi) is 7.30. The van der Waals surface area contributed by atoms with Gasteiger partial charge in [-0.15, -0.1) is 5.10 Å². The molecule has 2 aromatic heterocycles. The predicted octanol–water partition coefficient (Wildman–Crippen LogP) is 2.16. The van der Waals surface area contributed by atoms with Crippen LogP contribution in [0.3, 0.4) is 0 Å². The molecule has 0 spiro atoms. The van der Waals surface area contributed by atoms with Crippen LogP contribution < -0.4 is 15.5 Å². The molecule has 172 valence electrons. The third kappa shape index (κ3) is 5.93. The molecule has 0 radical (unpaired) electrons. The molecule has 1 fully saturated rings. The van der Waals surface area contributed by atoms with Crippen molar-refractivity contribution in [1.82, 2.24) is 29.8 Å². The summed E-state index contributed by atoms with van der Waals surface area (Å²) in [6, 6.07) is 9.24. The molecule has 3 heterocycles. The monoisotopic (exact) mass is 486 g/mol. The molecule has 0 atom stereocenters. The van der Waals surface area contributed by atoms with E-state index in [4.69, 9.17) is 16.6 Å². The smallest absolute Gasteiger partial charge is 0.275 e. The van der Waals surface area contributed by atoms with E-state index in [-0.39, 0.29) is 11.8 Å². The summed E-state index contributed by atoms with van der Waals surface area (Å²) in [4.78, 5) is 37.0. The molecule has 3 aromatic rings. The van der Waals surface area contributed by atoms with Gasteiger partial charge in [-0.1, -0.05) is 16.1 Å². The zero-order valence-electron chi connectivity index (χ0n) is 18.0. The molecular weight excluding hydrogens is 464 g/mol. The molecular formula is C21H23ClN8O2S. The van der Waals surface area contributed by atoms with Gasteiger partial charge in [0.1, 0.15) is 11.6 Å². The van der Waals surface area contributed by atoms with E-state index in [1.807, 2.05) is 18.2 Å². The molecule has 0 aliphatic carbocycles. The van der Waals surface area contributed by atoms with Gasteiger partial charge in [-0.25, -0.2) is 9.97 Å². The van der Waals surface area contributed by atoms with Crippen molar-refractivity contribution in [3.05, 3.63) is 46.4 Å². The average Bonchev–Trinajstić information content (AvgIpc) is 3.37. The summed E-state index contributed by atoms with van der Waals surface area (Å²) in [5, 5.41) is 12.2. The van der Waals surface area contributed by atoms with E-state index in [1.165, 1.54) is 18.5 Å². The van der Waals surface area contributed by atoms with Crippen molar-refractivity contribution >= 4 is 46.6 Å². The van der Waals surface area contributed by atoms with E-state index in [0.29, 0.717) is 61.6 Å². The predicted molar refractivity (Wildman–Crippen MR) is 128 cm³/mol. The van der Waals surface area contributed by atoms with Gasteiger partial charge in [-0.2, -0.15) is 0 Å². The first kappa shape index (κ1) is 22.9. The Balaban J connectivity index is 1.50. The van der Waals surface area contributed by atoms with Gasteiger partial charge in [-0.05, 0) is 35.8 Å². The Bertz CT molecular complexity index is 1100. The lowest BCUT2D eigenvalue weighted by Gasteiger charge is -2.35. The zero-order valence-corrected chi connectivity index (χ0v) is 19.6. The number of piperazine rings is 1. The van der Waals surface area contributed by atoms with Crippen LogP contribution in [0.15, 0.2) is 35.7 Å². The summed E-state index contributed by atoms with van der Waals surface area (Å²) in [5.74, 6) is 1.80. The molecule has 1 saturated heterocycles. The zero-order chi connectivity index (χ0) is 23.2. The van der Waals surface area contributed by atoms with Crippen LogP contribution in [0.2, 0.25) is 5.02 Å². The minimum Gasteiger partial charge on any atom is -0.368 e. The van der Waals surface area contributed by atoms with Gasteiger partial charge in [0.05, 0.1) is 0 Å². The van der Waals surface area contributed by atoms with Crippen LogP contribution in [0, 0.1) is 0 Å². The van der Waals surface area contributed by atoms with Crippen molar-refractivity contribution in [3.63, 3.8) is 0 Å². The first-order valence-corrected chi connectivity index (χ1v) is 11.7. The lowest BCUT2D eigenvalue weighted by molar-refractivity contribution is -0.118. The molecule has 1 aliphatic heterocycles. The van der Waals surface area contributed by atoms with Crippen molar-refractivity contribution in [1.29, 1.82) is 0 Å². The number of benzene rings is 1. The quantitative estimate of drug-likeness (QED) is 0.488. The number of hydrogen-bond acceptors (Lipinski definition) is 9. The average molecular weight is 487 g/mol. The number of anilines is 2. The molecule has 4 rings (SSSR count). The van der Waals surface area contributed by atoms with Gasteiger partial charge in [0.2, 0.25) is 5.91 Å². The summed E-state index contributed by atoms with van der Waals surface area (Å²) in [6.45, 7) is 4.87. The van der Waals surface area contributed by atoms with Crippen LogP contribution in [0.1, 0.15) is 17.4 Å². The van der Waals surface area contributed by atoms with Crippen molar-refractivity contribution in [2.24, 2.45) is 0 Å². The van der Waals surface area contributed by atoms with Gasteiger partial charge in [-0.3, -0.25) is 9.59 Å². The number of aromatic nitrogens is 4. The normalized spacial score (nSPS) is 13.6. The second-order valence-corrected chi connectivity index (χ2v) is 8.47. The van der Waals surface area contributed by atoms with Gasteiger partial charge < -0.3 is 20.4 Å². The van der Waals surface area contributed by atoms with Gasteiger partial charge >= 0.3 is 0 Å². The summed E-state index contributed by atoms with van der Waals surface area (Å²) < 4.78 is 3.77. The van der Waals surface area contributed by atoms with Crippen molar-refractivity contribution < 1.29 is 9.59 Å². The van der Waals surface area contributed by atoms with E-state index < -0.39 is 0 Å². The topological polar surface area (TPSA) is 116 Å². The lowest BCUT2D eigenvalue weighted by Crippen LogP contribution is -2.49. The van der Waals surface area contributed by atoms with Crippen LogP contribution in [0.5, 0.6) is 0 Å². The van der Waals surface area contributed by atoms with E-state index in [0.717, 1.165) is 11.4 Å². The molecule has 2 N–H and O–H groups in total. The Morgan fingerprint density at radius 3 is 2.52 bits per heavy atom. The fraction of sp³-hybridized carbons (Fsp3) is 0.333. The molecule has 1 aliphatic rings. The van der Waals surface area contributed by atoms with Crippen LogP contribution >= 0.6 is 23.1 Å². The summed E-state index contributed by atoms with van der Waals surface area (Å²) >= 11 is 7.20. The van der Waals surface area contributed by atoms with Crippen molar-refractivity contribution in [2.75, 3.05) is 49.5 Å². The van der Waals surface area contributed by atoms with Crippen molar-refractivity contribution in [2.45, 2.75) is 6.92 Å². The summed E-state index contributed by atoms with van der Waals surface area (Å²) in [5.41, 5.74) is 1.22. The van der Waals surface area contributed by atoms with E-state index in [1.54, 1.807) is 22.4 Å². The fourth-order valence-electron chi connectivity index (χ4n) is 3.40. The molecule has 0 unspecified atom stereocenters. The highest BCUT2D eigenvalue weighted by atomic mass is 35.5. The molecule has 33 heavy (non-hydrogen) atoms. The summed E-state index contributed by atoms with van der Waals surface area (Å²) in [6.07, 6.45) is 0. The number of carbonyl (C=O) groups excluding carboxylic acids is 2. The van der Waals surface area contributed by atoms with Gasteiger partial charge in [0.15, 0.2) is 11.5 Å². The minimum absolute atomic E-state index is 0.0807. The molecule has 2 amide bonds. The number of nitrogens with zero attached hydrogens (tertiary/aromatic N) is 6. The highest BCUT2D eigenvalue weighted by molar-refractivity contribution is 7.03. The Morgan fingerprint density at radius 1 is 1.09 bits per heavy atom. The Labute approximate surface area is 200 Å². The first-order chi connectivity index (χ1) is 16.0. The largest absolute Gasteiger partial charge is 0.368 e. The van der Waals surface area contributed by atoms with Crippen LogP contribution in [-0.2, 0) is 4.79 Å². The maximum absolute atomic E-state index is 12.6. The highest BCUT2D eigenvalue weighted by Crippen LogP contribution is 2.25. The molecule has 12 heteroatoms. The second kappa shape index (κ2) is 10.5. The molecule has 1 aromatic carbocycles.